The second-order valence-electron chi connectivity index (χ2n) is 8.14. The van der Waals surface area contributed by atoms with E-state index in [1.54, 1.807) is 35.0 Å². The molecule has 0 aliphatic heterocycles. The van der Waals surface area contributed by atoms with E-state index in [4.69, 9.17) is 9.47 Å². The molecule has 0 saturated carbocycles. The van der Waals surface area contributed by atoms with E-state index in [0.29, 0.717) is 35.7 Å². The van der Waals surface area contributed by atoms with Crippen molar-refractivity contribution >= 4 is 11.6 Å². The van der Waals surface area contributed by atoms with Crippen LogP contribution in [0.2, 0.25) is 0 Å². The minimum Gasteiger partial charge on any atom is -0.494 e. The van der Waals surface area contributed by atoms with Gasteiger partial charge in [-0.3, -0.25) is 9.48 Å². The molecule has 0 unspecified atom stereocenters. The van der Waals surface area contributed by atoms with Gasteiger partial charge in [0.25, 0.3) is 5.91 Å². The molecule has 3 aromatic carbocycles. The first-order chi connectivity index (χ1) is 16.9. The van der Waals surface area contributed by atoms with Crippen molar-refractivity contribution < 1.29 is 18.7 Å². The Kier molecular flexibility index (Phi) is 7.45. The number of carbonyl (C=O) groups is 1. The molecule has 180 valence electrons. The highest BCUT2D eigenvalue weighted by Gasteiger charge is 2.16. The minimum atomic E-state index is -0.282. The molecule has 1 heterocycles. The lowest BCUT2D eigenvalue weighted by Crippen LogP contribution is -2.14. The second kappa shape index (κ2) is 10.9. The van der Waals surface area contributed by atoms with Crippen molar-refractivity contribution in [2.24, 2.45) is 0 Å². The van der Waals surface area contributed by atoms with Crippen molar-refractivity contribution in [2.75, 3.05) is 11.9 Å². The Balaban J connectivity index is 1.42. The number of hydrogen-bond donors (Lipinski definition) is 1. The van der Waals surface area contributed by atoms with Gasteiger partial charge >= 0.3 is 0 Å². The topological polar surface area (TPSA) is 65.4 Å². The Bertz CT molecular complexity index is 1320. The van der Waals surface area contributed by atoms with Crippen LogP contribution in [0.4, 0.5) is 10.1 Å². The predicted molar refractivity (Wildman–Crippen MR) is 134 cm³/mol. The molecule has 0 saturated heterocycles. The van der Waals surface area contributed by atoms with E-state index in [2.05, 4.69) is 10.4 Å². The standard InChI is InChI=1S/C28H28FN3O3/c1-4-34-24-12-14-25(15-13-24)35-18-21-8-7-10-22(16-21)28(33)30-27-19(2)31-32(20(27)3)17-23-9-5-6-11-26(23)29/h5-16H,4,17-18H2,1-3H3,(H,30,33). The molecule has 6 nitrogen and oxygen atoms in total. The Morgan fingerprint density at radius 1 is 0.971 bits per heavy atom. The molecule has 0 fully saturated rings. The number of ether oxygens (including phenoxy) is 2. The van der Waals surface area contributed by atoms with Gasteiger partial charge in [0.2, 0.25) is 0 Å². The second-order valence-corrected chi connectivity index (χ2v) is 8.14. The number of nitrogens with one attached hydrogen (secondary N) is 1. The van der Waals surface area contributed by atoms with Crippen molar-refractivity contribution in [2.45, 2.75) is 33.9 Å². The van der Waals surface area contributed by atoms with Crippen molar-refractivity contribution in [3.05, 3.63) is 107 Å². The first-order valence-electron chi connectivity index (χ1n) is 11.5. The normalized spacial score (nSPS) is 10.7. The van der Waals surface area contributed by atoms with E-state index in [0.717, 1.165) is 22.8 Å². The Morgan fingerprint density at radius 2 is 1.69 bits per heavy atom. The molecule has 1 N–H and O–H groups in total. The van der Waals surface area contributed by atoms with Crippen LogP contribution >= 0.6 is 0 Å². The lowest BCUT2D eigenvalue weighted by atomic mass is 10.1. The van der Waals surface area contributed by atoms with Gasteiger partial charge in [-0.2, -0.15) is 5.10 Å². The lowest BCUT2D eigenvalue weighted by molar-refractivity contribution is 0.102. The average Bonchev–Trinajstić information content (AvgIpc) is 3.12. The number of rotatable bonds is 9. The van der Waals surface area contributed by atoms with Crippen LogP contribution < -0.4 is 14.8 Å². The molecule has 0 radical (unpaired) electrons. The van der Waals surface area contributed by atoms with E-state index in [1.807, 2.05) is 57.2 Å². The summed E-state index contributed by atoms with van der Waals surface area (Å²) in [5.41, 5.74) is 3.98. The summed E-state index contributed by atoms with van der Waals surface area (Å²) >= 11 is 0. The zero-order valence-corrected chi connectivity index (χ0v) is 20.0. The summed E-state index contributed by atoms with van der Waals surface area (Å²) in [5, 5.41) is 7.46. The third-order valence-corrected chi connectivity index (χ3v) is 5.63. The SMILES string of the molecule is CCOc1ccc(OCc2cccc(C(=O)Nc3c(C)nn(Cc4ccccc4F)c3C)c2)cc1. The highest BCUT2D eigenvalue weighted by Crippen LogP contribution is 2.23. The first kappa shape index (κ1) is 24.0. The van der Waals surface area contributed by atoms with Crippen LogP contribution in [0, 0.1) is 19.7 Å². The van der Waals surface area contributed by atoms with Crippen LogP contribution in [0.3, 0.4) is 0 Å². The fourth-order valence-corrected chi connectivity index (χ4v) is 3.77. The summed E-state index contributed by atoms with van der Waals surface area (Å²) in [6, 6.07) is 21.3. The maximum absolute atomic E-state index is 14.1. The number of amides is 1. The molecule has 7 heteroatoms. The number of benzene rings is 3. The van der Waals surface area contributed by atoms with Gasteiger partial charge < -0.3 is 14.8 Å². The maximum atomic E-state index is 14.1. The quantitative estimate of drug-likeness (QED) is 0.328. The third kappa shape index (κ3) is 5.87. The molecule has 35 heavy (non-hydrogen) atoms. The number of nitrogens with zero attached hydrogens (tertiary/aromatic N) is 2. The minimum absolute atomic E-state index is 0.246. The van der Waals surface area contributed by atoms with E-state index < -0.39 is 0 Å². The van der Waals surface area contributed by atoms with Gasteiger partial charge in [-0.05, 0) is 68.8 Å². The molecule has 0 spiro atoms. The predicted octanol–water partition coefficient (Wildman–Crippen LogP) is 5.92. The molecule has 0 aliphatic rings. The van der Waals surface area contributed by atoms with Crippen LogP contribution in [-0.2, 0) is 13.2 Å². The number of halogens is 1. The lowest BCUT2D eigenvalue weighted by Gasteiger charge is -2.10. The summed E-state index contributed by atoms with van der Waals surface area (Å²) in [5.74, 6) is 0.984. The summed E-state index contributed by atoms with van der Waals surface area (Å²) in [6.45, 7) is 6.84. The van der Waals surface area contributed by atoms with Crippen LogP contribution in [0.25, 0.3) is 0 Å². The molecule has 4 rings (SSSR count). The van der Waals surface area contributed by atoms with Crippen molar-refractivity contribution in [3.8, 4) is 11.5 Å². The molecule has 1 aromatic heterocycles. The Hall–Kier alpha value is -4.13. The van der Waals surface area contributed by atoms with Crippen LogP contribution in [0.1, 0.15) is 39.8 Å². The van der Waals surface area contributed by atoms with E-state index in [1.165, 1.54) is 6.07 Å². The molecular formula is C28H28FN3O3. The Labute approximate surface area is 204 Å². The van der Waals surface area contributed by atoms with Gasteiger partial charge in [0, 0.05) is 11.1 Å². The third-order valence-electron chi connectivity index (χ3n) is 5.63. The zero-order chi connectivity index (χ0) is 24.8. The molecule has 1 amide bonds. The monoisotopic (exact) mass is 473 g/mol. The zero-order valence-electron chi connectivity index (χ0n) is 20.0. The van der Waals surface area contributed by atoms with Gasteiger partial charge in [-0.25, -0.2) is 4.39 Å². The fraction of sp³-hybridized carbons (Fsp3) is 0.214. The molecule has 4 aromatic rings. The molecule has 0 bridgehead atoms. The molecule has 0 aliphatic carbocycles. The summed E-state index contributed by atoms with van der Waals surface area (Å²) in [4.78, 5) is 13.0. The van der Waals surface area contributed by atoms with Gasteiger partial charge in [-0.15, -0.1) is 0 Å². The van der Waals surface area contributed by atoms with Crippen molar-refractivity contribution in [1.29, 1.82) is 0 Å². The van der Waals surface area contributed by atoms with Gasteiger partial charge in [0.15, 0.2) is 0 Å². The van der Waals surface area contributed by atoms with Crippen LogP contribution in [0.5, 0.6) is 11.5 Å². The smallest absolute Gasteiger partial charge is 0.255 e. The average molecular weight is 474 g/mol. The number of carbonyl (C=O) groups excluding carboxylic acids is 1. The van der Waals surface area contributed by atoms with Crippen molar-refractivity contribution in [1.82, 2.24) is 9.78 Å². The fourth-order valence-electron chi connectivity index (χ4n) is 3.77. The summed E-state index contributed by atoms with van der Waals surface area (Å²) in [6.07, 6.45) is 0. The van der Waals surface area contributed by atoms with Crippen LogP contribution in [-0.4, -0.2) is 22.3 Å². The number of aryl methyl sites for hydroxylation is 1. The molecule has 0 atom stereocenters. The highest BCUT2D eigenvalue weighted by molar-refractivity contribution is 6.05. The van der Waals surface area contributed by atoms with E-state index in [-0.39, 0.29) is 18.3 Å². The van der Waals surface area contributed by atoms with Gasteiger partial charge in [-0.1, -0.05) is 30.3 Å². The maximum Gasteiger partial charge on any atom is 0.255 e. The largest absolute Gasteiger partial charge is 0.494 e. The van der Waals surface area contributed by atoms with E-state index >= 15 is 0 Å². The van der Waals surface area contributed by atoms with Gasteiger partial charge in [0.05, 0.1) is 30.2 Å². The van der Waals surface area contributed by atoms with Crippen LogP contribution in [0.15, 0.2) is 72.8 Å². The van der Waals surface area contributed by atoms with Crippen molar-refractivity contribution in [3.63, 3.8) is 0 Å². The summed E-state index contributed by atoms with van der Waals surface area (Å²) in [7, 11) is 0. The van der Waals surface area contributed by atoms with Gasteiger partial charge in [0.1, 0.15) is 23.9 Å². The molecular weight excluding hydrogens is 445 g/mol. The summed E-state index contributed by atoms with van der Waals surface area (Å²) < 4.78 is 27.1. The number of hydrogen-bond acceptors (Lipinski definition) is 4. The number of aromatic nitrogens is 2. The van der Waals surface area contributed by atoms with E-state index in [9.17, 15) is 9.18 Å². The number of anilines is 1. The first-order valence-corrected chi connectivity index (χ1v) is 11.5. The Morgan fingerprint density at radius 3 is 2.40 bits per heavy atom. The highest BCUT2D eigenvalue weighted by atomic mass is 19.1.